The fraction of sp³-hybridized carbons (Fsp3) is 0.600. The van der Waals surface area contributed by atoms with Gasteiger partial charge in [0.1, 0.15) is 0 Å². The molecule has 0 N–H and O–H groups in total. The summed E-state index contributed by atoms with van der Waals surface area (Å²) < 4.78 is 0. The van der Waals surface area contributed by atoms with Crippen LogP contribution >= 0.6 is 17.0 Å². The molecule has 0 aromatic carbocycles. The molecule has 1 rings (SSSR count). The molecular weight excluding hydrogens is 282 g/mol. The van der Waals surface area contributed by atoms with Crippen molar-refractivity contribution >= 4 is 17.0 Å². The van der Waals surface area contributed by atoms with Crippen LogP contribution in [0.25, 0.3) is 0 Å². The van der Waals surface area contributed by atoms with Crippen molar-refractivity contribution in [2.24, 2.45) is 5.92 Å². The number of hydrogen-bond acceptors (Lipinski definition) is 0. The molecule has 0 amide bonds. The molecule has 0 atom stereocenters. The SMILES string of the molecule is C[CH-]/C=C\C1CCCC1.[CH3-].[Cl][Zr+2][Cl]. The molecule has 0 aliphatic heterocycles. The Morgan fingerprint density at radius 3 is 2.15 bits per heavy atom. The number of halogens is 2. The van der Waals surface area contributed by atoms with E-state index in [0.29, 0.717) is 0 Å². The van der Waals surface area contributed by atoms with Gasteiger partial charge in [-0.2, -0.15) is 0 Å². The van der Waals surface area contributed by atoms with Gasteiger partial charge in [-0.1, -0.05) is 31.6 Å². The standard InChI is InChI=1S/C9H15.CH3.2ClH.Zr/c1-2-3-6-9-7-4-5-8-9;;;;/h2-3,6,9H,4-5,7-8H2,1H3;1H3;2*1H;/q2*-1;;;+4/p-2/b6-3-;;;;. The molecular formula is C10H18Cl2Zr. The first-order valence-corrected chi connectivity index (χ1v) is 10.6. The van der Waals surface area contributed by atoms with Crippen LogP contribution in [-0.2, 0) is 20.8 Å². The first-order valence-electron chi connectivity index (χ1n) is 4.27. The summed E-state index contributed by atoms with van der Waals surface area (Å²) in [6.45, 7) is 2.07. The van der Waals surface area contributed by atoms with Crippen molar-refractivity contribution in [3.8, 4) is 0 Å². The summed E-state index contributed by atoms with van der Waals surface area (Å²) in [5.74, 6) is 0.904. The summed E-state index contributed by atoms with van der Waals surface area (Å²) in [6, 6.07) is 0. The second kappa shape index (κ2) is 13.1. The fourth-order valence-corrected chi connectivity index (χ4v) is 1.42. The molecule has 0 aromatic rings. The summed E-state index contributed by atoms with van der Waals surface area (Å²) in [4.78, 5) is 0. The number of hydrogen-bond donors (Lipinski definition) is 0. The molecule has 0 bridgehead atoms. The molecule has 0 aromatic heterocycles. The molecule has 0 spiro atoms. The zero-order chi connectivity index (χ0) is 9.23. The van der Waals surface area contributed by atoms with Crippen LogP contribution in [-0.4, -0.2) is 0 Å². The van der Waals surface area contributed by atoms with Gasteiger partial charge in [0.25, 0.3) is 0 Å². The van der Waals surface area contributed by atoms with Crippen LogP contribution in [0.4, 0.5) is 0 Å². The van der Waals surface area contributed by atoms with Gasteiger partial charge >= 0.3 is 37.9 Å². The minimum absolute atomic E-state index is 0. The zero-order valence-electron chi connectivity index (χ0n) is 8.39. The van der Waals surface area contributed by atoms with Gasteiger partial charge in [0.15, 0.2) is 0 Å². The second-order valence-corrected chi connectivity index (χ2v) is 6.57. The molecule has 1 fully saturated rings. The minimum atomic E-state index is -0.826. The van der Waals surface area contributed by atoms with Gasteiger partial charge in [0.05, 0.1) is 0 Å². The van der Waals surface area contributed by atoms with Gasteiger partial charge in [-0.3, -0.25) is 0 Å². The van der Waals surface area contributed by atoms with E-state index in [1.807, 2.05) is 0 Å². The van der Waals surface area contributed by atoms with E-state index in [1.54, 1.807) is 0 Å². The van der Waals surface area contributed by atoms with Crippen LogP contribution < -0.4 is 0 Å². The molecule has 3 heteroatoms. The molecule has 0 radical (unpaired) electrons. The third-order valence-electron chi connectivity index (χ3n) is 1.98. The predicted molar refractivity (Wildman–Crippen MR) is 59.2 cm³/mol. The predicted octanol–water partition coefficient (Wildman–Crippen LogP) is 4.78. The van der Waals surface area contributed by atoms with Gasteiger partial charge in [-0.05, 0) is 0 Å². The topological polar surface area (TPSA) is 0 Å². The number of rotatable bonds is 2. The molecule has 0 heterocycles. The first kappa shape index (κ1) is 16.5. The Kier molecular flexibility index (Phi) is 16.6. The van der Waals surface area contributed by atoms with E-state index < -0.39 is 20.8 Å². The summed E-state index contributed by atoms with van der Waals surface area (Å²) in [6.07, 6.45) is 12.4. The van der Waals surface area contributed by atoms with Gasteiger partial charge < -0.3 is 7.43 Å². The average molecular weight is 300 g/mol. The Hall–Kier alpha value is 1.07. The van der Waals surface area contributed by atoms with Crippen LogP contribution in [0.3, 0.4) is 0 Å². The molecule has 0 unspecified atom stereocenters. The zero-order valence-corrected chi connectivity index (χ0v) is 12.4. The van der Waals surface area contributed by atoms with Crippen molar-refractivity contribution in [1.82, 2.24) is 0 Å². The Labute approximate surface area is 102 Å². The van der Waals surface area contributed by atoms with Gasteiger partial charge in [-0.15, -0.1) is 6.92 Å². The van der Waals surface area contributed by atoms with Gasteiger partial charge in [0.2, 0.25) is 0 Å². The maximum absolute atomic E-state index is 4.93. The Balaban J connectivity index is 0. The Morgan fingerprint density at radius 2 is 1.77 bits per heavy atom. The number of allylic oxidation sites excluding steroid dienone is 2. The van der Waals surface area contributed by atoms with E-state index in [0.717, 1.165) is 5.92 Å². The molecule has 1 aliphatic rings. The first-order chi connectivity index (χ1) is 5.85. The molecule has 1 aliphatic carbocycles. The Bertz CT molecular complexity index is 109. The summed E-state index contributed by atoms with van der Waals surface area (Å²) in [5, 5.41) is 0. The van der Waals surface area contributed by atoms with Crippen LogP contribution in [0.2, 0.25) is 0 Å². The monoisotopic (exact) mass is 298 g/mol. The quantitative estimate of drug-likeness (QED) is 0.644. The maximum atomic E-state index is 4.93. The van der Waals surface area contributed by atoms with Crippen molar-refractivity contribution < 1.29 is 20.8 Å². The molecule has 1 saturated carbocycles. The summed E-state index contributed by atoms with van der Waals surface area (Å²) in [5.41, 5.74) is 0. The van der Waals surface area contributed by atoms with Crippen molar-refractivity contribution in [2.75, 3.05) is 0 Å². The van der Waals surface area contributed by atoms with Crippen molar-refractivity contribution in [3.63, 3.8) is 0 Å². The average Bonchev–Trinajstić information content (AvgIpc) is 2.54. The van der Waals surface area contributed by atoms with E-state index in [-0.39, 0.29) is 7.43 Å². The van der Waals surface area contributed by atoms with E-state index in [4.69, 9.17) is 17.0 Å². The van der Waals surface area contributed by atoms with E-state index in [2.05, 4.69) is 25.5 Å². The van der Waals surface area contributed by atoms with Gasteiger partial charge in [-0.25, -0.2) is 18.6 Å². The van der Waals surface area contributed by atoms with Crippen LogP contribution in [0.15, 0.2) is 12.2 Å². The van der Waals surface area contributed by atoms with E-state index in [1.165, 1.54) is 25.7 Å². The molecule has 76 valence electrons. The molecule has 0 saturated heterocycles. The normalized spacial score (nSPS) is 15.6. The fourth-order valence-electron chi connectivity index (χ4n) is 1.42. The van der Waals surface area contributed by atoms with Crippen LogP contribution in [0.1, 0.15) is 32.6 Å². The summed E-state index contributed by atoms with van der Waals surface area (Å²) >= 11 is -0.826. The molecule has 0 nitrogen and oxygen atoms in total. The van der Waals surface area contributed by atoms with Crippen LogP contribution in [0, 0.1) is 19.8 Å². The molecule has 13 heavy (non-hydrogen) atoms. The van der Waals surface area contributed by atoms with Crippen molar-refractivity contribution in [2.45, 2.75) is 32.6 Å². The van der Waals surface area contributed by atoms with E-state index in [9.17, 15) is 0 Å². The third-order valence-corrected chi connectivity index (χ3v) is 1.98. The summed E-state index contributed by atoms with van der Waals surface area (Å²) in [7, 11) is 9.87. The van der Waals surface area contributed by atoms with Crippen molar-refractivity contribution in [1.29, 1.82) is 0 Å². The Morgan fingerprint density at radius 1 is 1.31 bits per heavy atom. The van der Waals surface area contributed by atoms with Crippen LogP contribution in [0.5, 0.6) is 0 Å². The van der Waals surface area contributed by atoms with Crippen molar-refractivity contribution in [3.05, 3.63) is 26.0 Å². The van der Waals surface area contributed by atoms with Gasteiger partial charge in [0, 0.05) is 0 Å². The van der Waals surface area contributed by atoms with E-state index >= 15 is 0 Å². The second-order valence-electron chi connectivity index (χ2n) is 2.83. The third kappa shape index (κ3) is 11.0.